The zero-order chi connectivity index (χ0) is 15.6. The summed E-state index contributed by atoms with van der Waals surface area (Å²) in [5, 5.41) is 8.98. The van der Waals surface area contributed by atoms with Gasteiger partial charge >= 0.3 is 5.97 Å². The Morgan fingerprint density at radius 3 is 2.67 bits per heavy atom. The van der Waals surface area contributed by atoms with E-state index in [1.165, 1.54) is 30.5 Å². The van der Waals surface area contributed by atoms with Crippen molar-refractivity contribution in [1.29, 1.82) is 0 Å². The number of nitrogens with zero attached hydrogens (tertiary/aromatic N) is 1. The van der Waals surface area contributed by atoms with Crippen LogP contribution in [-0.4, -0.2) is 24.5 Å². The van der Waals surface area contributed by atoms with Crippen molar-refractivity contribution >= 4 is 33.3 Å². The Kier molecular flexibility index (Phi) is 4.15. The molecule has 0 atom stereocenters. The Balaban J connectivity index is 2.44. The number of anilines is 1. The highest BCUT2D eigenvalue weighted by Crippen LogP contribution is 2.24. The Bertz CT molecular complexity index is 806. The molecule has 0 radical (unpaired) electrons. The first kappa shape index (κ1) is 15.3. The molecule has 1 aromatic carbocycles. The van der Waals surface area contributed by atoms with Gasteiger partial charge in [-0.25, -0.2) is 13.2 Å². The summed E-state index contributed by atoms with van der Waals surface area (Å²) in [6, 6.07) is 5.52. The van der Waals surface area contributed by atoms with Crippen LogP contribution in [0.15, 0.2) is 41.6 Å². The van der Waals surface area contributed by atoms with E-state index in [4.69, 9.17) is 16.7 Å². The molecule has 0 saturated heterocycles. The average Bonchev–Trinajstić information content (AvgIpc) is 2.41. The maximum atomic E-state index is 12.3. The molecular formula is C13H11ClN2O4S. The van der Waals surface area contributed by atoms with Crippen LogP contribution in [0.3, 0.4) is 0 Å². The van der Waals surface area contributed by atoms with E-state index < -0.39 is 16.0 Å². The number of pyridine rings is 1. The van der Waals surface area contributed by atoms with Crippen LogP contribution in [0.5, 0.6) is 0 Å². The summed E-state index contributed by atoms with van der Waals surface area (Å²) in [5.41, 5.74) is 0.744. The highest BCUT2D eigenvalue weighted by Gasteiger charge is 2.19. The molecule has 0 saturated carbocycles. The molecule has 6 nitrogen and oxygen atoms in total. The molecule has 8 heteroatoms. The minimum atomic E-state index is -3.95. The largest absolute Gasteiger partial charge is 0.478 e. The number of aryl methyl sites for hydroxylation is 1. The second-order valence-corrected chi connectivity index (χ2v) is 6.30. The number of sulfonamides is 1. The molecule has 0 aliphatic heterocycles. The number of halogens is 1. The number of carboxylic acid groups (broad SMARTS) is 1. The maximum absolute atomic E-state index is 12.3. The number of aromatic carboxylic acids is 1. The lowest BCUT2D eigenvalue weighted by molar-refractivity contribution is 0.0697. The normalized spacial score (nSPS) is 11.1. The van der Waals surface area contributed by atoms with Gasteiger partial charge in [-0.2, -0.15) is 0 Å². The lowest BCUT2D eigenvalue weighted by Gasteiger charge is -2.12. The summed E-state index contributed by atoms with van der Waals surface area (Å²) in [7, 11) is -3.95. The van der Waals surface area contributed by atoms with Crippen LogP contribution < -0.4 is 4.72 Å². The summed E-state index contributed by atoms with van der Waals surface area (Å²) in [4.78, 5) is 14.5. The first-order chi connectivity index (χ1) is 9.81. The molecule has 2 N–H and O–H groups in total. The summed E-state index contributed by atoms with van der Waals surface area (Å²) >= 11 is 5.84. The van der Waals surface area contributed by atoms with Crippen LogP contribution in [0.25, 0.3) is 0 Å². The van der Waals surface area contributed by atoms with E-state index in [2.05, 4.69) is 9.71 Å². The van der Waals surface area contributed by atoms with Gasteiger partial charge in [0, 0.05) is 12.4 Å². The van der Waals surface area contributed by atoms with E-state index in [1.54, 1.807) is 6.92 Å². The molecule has 2 rings (SSSR count). The number of hydrogen-bond acceptors (Lipinski definition) is 4. The van der Waals surface area contributed by atoms with E-state index >= 15 is 0 Å². The molecule has 0 fully saturated rings. The van der Waals surface area contributed by atoms with Gasteiger partial charge in [0.25, 0.3) is 10.0 Å². The van der Waals surface area contributed by atoms with Crippen molar-refractivity contribution in [3.63, 3.8) is 0 Å². The molecule has 1 heterocycles. The van der Waals surface area contributed by atoms with E-state index in [0.29, 0.717) is 5.56 Å². The fraction of sp³-hybridized carbons (Fsp3) is 0.0769. The van der Waals surface area contributed by atoms with Crippen molar-refractivity contribution in [2.24, 2.45) is 0 Å². The molecule has 0 bridgehead atoms. The molecule has 2 aromatic rings. The smallest absolute Gasteiger partial charge is 0.335 e. The minimum absolute atomic E-state index is 0.0180. The van der Waals surface area contributed by atoms with E-state index in [0.717, 1.165) is 6.20 Å². The Morgan fingerprint density at radius 2 is 2.05 bits per heavy atom. The molecule has 110 valence electrons. The number of aromatic nitrogens is 1. The van der Waals surface area contributed by atoms with Gasteiger partial charge in [0.2, 0.25) is 0 Å². The minimum Gasteiger partial charge on any atom is -0.478 e. The first-order valence-electron chi connectivity index (χ1n) is 5.77. The van der Waals surface area contributed by atoms with Crippen molar-refractivity contribution in [1.82, 2.24) is 4.98 Å². The predicted octanol–water partition coefficient (Wildman–Crippen LogP) is 2.54. The first-order valence-corrected chi connectivity index (χ1v) is 7.63. The quantitative estimate of drug-likeness (QED) is 0.900. The van der Waals surface area contributed by atoms with Crippen LogP contribution in [0.2, 0.25) is 5.02 Å². The summed E-state index contributed by atoms with van der Waals surface area (Å²) < 4.78 is 26.9. The van der Waals surface area contributed by atoms with Gasteiger partial charge in [0.1, 0.15) is 4.90 Å². The van der Waals surface area contributed by atoms with Crippen LogP contribution in [0.4, 0.5) is 5.69 Å². The van der Waals surface area contributed by atoms with Crippen molar-refractivity contribution in [2.45, 2.75) is 11.8 Å². The third-order valence-corrected chi connectivity index (χ3v) is 4.59. The summed E-state index contributed by atoms with van der Waals surface area (Å²) in [6.07, 6.45) is 2.50. The standard InChI is InChI=1S/C13H11ClN2O4S/c1-8-2-3-9(13(17)18)6-11(8)16-21(19,20)12-7-15-5-4-10(12)14/h2-7,16H,1H3,(H,17,18). The van der Waals surface area contributed by atoms with Gasteiger partial charge in [-0.3, -0.25) is 9.71 Å². The number of rotatable bonds is 4. The zero-order valence-electron chi connectivity index (χ0n) is 10.9. The molecule has 0 spiro atoms. The molecule has 0 aliphatic carbocycles. The van der Waals surface area contributed by atoms with Gasteiger partial charge in [0.05, 0.1) is 16.3 Å². The maximum Gasteiger partial charge on any atom is 0.335 e. The van der Waals surface area contributed by atoms with Gasteiger partial charge in [-0.1, -0.05) is 17.7 Å². The van der Waals surface area contributed by atoms with Crippen molar-refractivity contribution in [2.75, 3.05) is 4.72 Å². The van der Waals surface area contributed by atoms with Gasteiger partial charge in [0.15, 0.2) is 0 Å². The summed E-state index contributed by atoms with van der Waals surface area (Å²) in [5.74, 6) is -1.14. The zero-order valence-corrected chi connectivity index (χ0v) is 12.4. The van der Waals surface area contributed by atoms with E-state index in [-0.39, 0.29) is 21.2 Å². The van der Waals surface area contributed by atoms with Gasteiger partial charge < -0.3 is 5.11 Å². The van der Waals surface area contributed by atoms with Gasteiger partial charge in [-0.05, 0) is 30.7 Å². The topological polar surface area (TPSA) is 96.4 Å². The van der Waals surface area contributed by atoms with Crippen LogP contribution in [0.1, 0.15) is 15.9 Å². The number of carbonyl (C=O) groups is 1. The third-order valence-electron chi connectivity index (χ3n) is 2.75. The van der Waals surface area contributed by atoms with Crippen molar-refractivity contribution < 1.29 is 18.3 Å². The lowest BCUT2D eigenvalue weighted by Crippen LogP contribution is -2.15. The Labute approximate surface area is 126 Å². The number of carboxylic acids is 1. The number of hydrogen-bond donors (Lipinski definition) is 2. The van der Waals surface area contributed by atoms with E-state index in [1.807, 2.05) is 0 Å². The molecule has 0 aliphatic rings. The van der Waals surface area contributed by atoms with Gasteiger partial charge in [-0.15, -0.1) is 0 Å². The fourth-order valence-corrected chi connectivity index (χ4v) is 3.18. The highest BCUT2D eigenvalue weighted by molar-refractivity contribution is 7.92. The Hall–Kier alpha value is -2.12. The van der Waals surface area contributed by atoms with Crippen molar-refractivity contribution in [3.05, 3.63) is 52.8 Å². The lowest BCUT2D eigenvalue weighted by atomic mass is 10.1. The predicted molar refractivity (Wildman–Crippen MR) is 78.2 cm³/mol. The third kappa shape index (κ3) is 3.32. The molecular weight excluding hydrogens is 316 g/mol. The van der Waals surface area contributed by atoms with Crippen LogP contribution >= 0.6 is 11.6 Å². The molecule has 21 heavy (non-hydrogen) atoms. The molecule has 0 unspecified atom stereocenters. The average molecular weight is 327 g/mol. The Morgan fingerprint density at radius 1 is 1.33 bits per heavy atom. The fourth-order valence-electron chi connectivity index (χ4n) is 1.63. The van der Waals surface area contributed by atoms with E-state index in [9.17, 15) is 13.2 Å². The van der Waals surface area contributed by atoms with Crippen LogP contribution in [-0.2, 0) is 10.0 Å². The molecule has 0 amide bonds. The monoisotopic (exact) mass is 326 g/mol. The summed E-state index contributed by atoms with van der Waals surface area (Å²) in [6.45, 7) is 1.66. The SMILES string of the molecule is Cc1ccc(C(=O)O)cc1NS(=O)(=O)c1cnccc1Cl. The van der Waals surface area contributed by atoms with Crippen molar-refractivity contribution in [3.8, 4) is 0 Å². The van der Waals surface area contributed by atoms with Crippen LogP contribution in [0, 0.1) is 6.92 Å². The number of benzene rings is 1. The number of nitrogens with one attached hydrogen (secondary N) is 1. The highest BCUT2D eigenvalue weighted by atomic mass is 35.5. The second kappa shape index (κ2) is 5.71. The second-order valence-electron chi connectivity index (χ2n) is 4.25. The molecule has 1 aromatic heterocycles.